The molecule has 0 saturated heterocycles. The first-order valence-electron chi connectivity index (χ1n) is 8.60. The number of hydrogen-bond acceptors (Lipinski definition) is 4. The smallest absolute Gasteiger partial charge is 0.242 e. The van der Waals surface area contributed by atoms with Crippen molar-refractivity contribution in [2.45, 2.75) is 13.5 Å². The molecule has 0 aliphatic carbocycles. The van der Waals surface area contributed by atoms with Crippen molar-refractivity contribution in [1.82, 2.24) is 4.90 Å². The molecule has 25 heavy (non-hydrogen) atoms. The van der Waals surface area contributed by atoms with Gasteiger partial charge in [0.05, 0.1) is 6.54 Å². The summed E-state index contributed by atoms with van der Waals surface area (Å²) in [5, 5.41) is 0. The summed E-state index contributed by atoms with van der Waals surface area (Å²) in [5.74, 6) is 1.61. The van der Waals surface area contributed by atoms with Gasteiger partial charge in [0.25, 0.3) is 0 Å². The molecule has 2 aromatic rings. The Balaban J connectivity index is 1.62. The highest BCUT2D eigenvalue weighted by Gasteiger charge is 2.16. The van der Waals surface area contributed by atoms with Crippen molar-refractivity contribution in [3.8, 4) is 11.5 Å². The minimum absolute atomic E-state index is 0.0839. The van der Waals surface area contributed by atoms with Crippen LogP contribution in [0.4, 0.5) is 5.69 Å². The van der Waals surface area contributed by atoms with Crippen molar-refractivity contribution < 1.29 is 14.3 Å². The summed E-state index contributed by atoms with van der Waals surface area (Å²) in [5.41, 5.74) is 2.09. The van der Waals surface area contributed by atoms with Crippen LogP contribution < -0.4 is 14.4 Å². The van der Waals surface area contributed by atoms with E-state index in [9.17, 15) is 4.79 Å². The molecule has 0 fully saturated rings. The Morgan fingerprint density at radius 3 is 2.48 bits per heavy atom. The monoisotopic (exact) mass is 340 g/mol. The third-order valence-corrected chi connectivity index (χ3v) is 4.28. The number of carbonyl (C=O) groups excluding carboxylic acids is 1. The molecular weight excluding hydrogens is 316 g/mol. The van der Waals surface area contributed by atoms with E-state index in [0.717, 1.165) is 29.3 Å². The van der Waals surface area contributed by atoms with Gasteiger partial charge in [-0.05, 0) is 36.8 Å². The molecule has 2 aromatic carbocycles. The molecule has 3 rings (SSSR count). The Bertz CT molecular complexity index is 718. The van der Waals surface area contributed by atoms with E-state index in [2.05, 4.69) is 11.8 Å². The summed E-state index contributed by atoms with van der Waals surface area (Å²) in [6.45, 7) is 4.89. The quantitative estimate of drug-likeness (QED) is 0.811. The molecule has 1 aliphatic heterocycles. The first kappa shape index (κ1) is 17.1. The average molecular weight is 340 g/mol. The summed E-state index contributed by atoms with van der Waals surface area (Å²) < 4.78 is 11.1. The van der Waals surface area contributed by atoms with Crippen LogP contribution in [0.2, 0.25) is 0 Å². The van der Waals surface area contributed by atoms with E-state index in [1.165, 1.54) is 0 Å². The summed E-state index contributed by atoms with van der Waals surface area (Å²) in [4.78, 5) is 16.4. The Labute approximate surface area is 148 Å². The number of ether oxygens (including phenoxy) is 2. The van der Waals surface area contributed by atoms with Crippen molar-refractivity contribution in [2.24, 2.45) is 0 Å². The van der Waals surface area contributed by atoms with Gasteiger partial charge in [-0.25, -0.2) is 0 Å². The Kier molecular flexibility index (Phi) is 5.43. The number of hydrogen-bond donors (Lipinski definition) is 0. The molecule has 5 heteroatoms. The van der Waals surface area contributed by atoms with Crippen molar-refractivity contribution >= 4 is 11.6 Å². The van der Waals surface area contributed by atoms with Gasteiger partial charge in [-0.1, -0.05) is 24.3 Å². The van der Waals surface area contributed by atoms with E-state index in [4.69, 9.17) is 9.47 Å². The molecule has 0 aromatic heterocycles. The Hall–Kier alpha value is -2.69. The van der Waals surface area contributed by atoms with Gasteiger partial charge < -0.3 is 19.3 Å². The van der Waals surface area contributed by atoms with Gasteiger partial charge >= 0.3 is 0 Å². The lowest BCUT2D eigenvalue weighted by Gasteiger charge is -2.26. The first-order chi connectivity index (χ1) is 12.2. The first-order valence-corrected chi connectivity index (χ1v) is 8.60. The Morgan fingerprint density at radius 1 is 1.04 bits per heavy atom. The third-order valence-electron chi connectivity index (χ3n) is 4.28. The number of anilines is 1. The van der Waals surface area contributed by atoms with E-state index in [0.29, 0.717) is 26.3 Å². The van der Waals surface area contributed by atoms with E-state index < -0.39 is 0 Å². The molecule has 0 spiro atoms. The molecular formula is C20H24N2O3. The van der Waals surface area contributed by atoms with Crippen molar-refractivity contribution in [2.75, 3.05) is 38.3 Å². The molecule has 0 saturated carbocycles. The lowest BCUT2D eigenvalue weighted by atomic mass is 10.2. The SMILES string of the molecule is CCN(CC(=O)N(C)Cc1ccc2c(c1)OCCO2)c1ccccc1. The van der Waals surface area contributed by atoms with Gasteiger partial charge in [0, 0.05) is 25.8 Å². The lowest BCUT2D eigenvalue weighted by molar-refractivity contribution is -0.128. The topological polar surface area (TPSA) is 42.0 Å². The fraction of sp³-hybridized carbons (Fsp3) is 0.350. The molecule has 1 aliphatic rings. The van der Waals surface area contributed by atoms with E-state index in [1.54, 1.807) is 4.90 Å². The summed E-state index contributed by atoms with van der Waals surface area (Å²) in [6, 6.07) is 15.8. The van der Waals surface area contributed by atoms with E-state index >= 15 is 0 Å². The summed E-state index contributed by atoms with van der Waals surface area (Å²) in [7, 11) is 1.83. The van der Waals surface area contributed by atoms with Crippen molar-refractivity contribution in [3.05, 3.63) is 54.1 Å². The fourth-order valence-corrected chi connectivity index (χ4v) is 2.86. The predicted molar refractivity (Wildman–Crippen MR) is 98.2 cm³/mol. The Morgan fingerprint density at radius 2 is 1.76 bits per heavy atom. The zero-order valence-electron chi connectivity index (χ0n) is 14.8. The number of carbonyl (C=O) groups is 1. The summed E-state index contributed by atoms with van der Waals surface area (Å²) in [6.07, 6.45) is 0. The number of fused-ring (bicyclic) bond motifs is 1. The number of nitrogens with zero attached hydrogens (tertiary/aromatic N) is 2. The highest BCUT2D eigenvalue weighted by atomic mass is 16.6. The van der Waals surface area contributed by atoms with E-state index in [1.807, 2.05) is 55.6 Å². The largest absolute Gasteiger partial charge is 0.486 e. The predicted octanol–water partition coefficient (Wildman–Crippen LogP) is 2.94. The second-order valence-electron chi connectivity index (χ2n) is 6.08. The average Bonchev–Trinajstić information content (AvgIpc) is 2.66. The molecule has 0 atom stereocenters. The number of para-hydroxylation sites is 1. The molecule has 0 radical (unpaired) electrons. The minimum atomic E-state index is 0.0839. The van der Waals surface area contributed by atoms with Crippen LogP contribution in [0.15, 0.2) is 48.5 Å². The molecule has 1 heterocycles. The summed E-state index contributed by atoms with van der Waals surface area (Å²) >= 11 is 0. The van der Waals surface area contributed by atoms with Crippen molar-refractivity contribution in [1.29, 1.82) is 0 Å². The maximum absolute atomic E-state index is 12.6. The van der Waals surface area contributed by atoms with Gasteiger partial charge in [-0.15, -0.1) is 0 Å². The van der Waals surface area contributed by atoms with Gasteiger partial charge in [-0.2, -0.15) is 0 Å². The van der Waals surface area contributed by atoms with Gasteiger partial charge in [0.2, 0.25) is 5.91 Å². The molecule has 0 N–H and O–H groups in total. The highest BCUT2D eigenvalue weighted by Crippen LogP contribution is 2.31. The minimum Gasteiger partial charge on any atom is -0.486 e. The van der Waals surface area contributed by atoms with Crippen LogP contribution in [0.1, 0.15) is 12.5 Å². The lowest BCUT2D eigenvalue weighted by Crippen LogP contribution is -2.38. The van der Waals surface area contributed by atoms with Gasteiger partial charge in [0.1, 0.15) is 13.2 Å². The van der Waals surface area contributed by atoms with Gasteiger partial charge in [-0.3, -0.25) is 4.79 Å². The van der Waals surface area contributed by atoms with Crippen LogP contribution in [0.25, 0.3) is 0 Å². The molecule has 0 unspecified atom stereocenters. The number of rotatable bonds is 6. The van der Waals surface area contributed by atoms with Crippen LogP contribution in [-0.2, 0) is 11.3 Å². The van der Waals surface area contributed by atoms with Crippen LogP contribution in [-0.4, -0.2) is 44.2 Å². The third kappa shape index (κ3) is 4.24. The maximum Gasteiger partial charge on any atom is 0.242 e. The molecule has 0 bridgehead atoms. The molecule has 132 valence electrons. The zero-order valence-corrected chi connectivity index (χ0v) is 14.8. The number of amides is 1. The number of benzene rings is 2. The van der Waals surface area contributed by atoms with Crippen LogP contribution in [0.5, 0.6) is 11.5 Å². The molecule has 1 amide bonds. The van der Waals surface area contributed by atoms with E-state index in [-0.39, 0.29) is 5.91 Å². The fourth-order valence-electron chi connectivity index (χ4n) is 2.86. The van der Waals surface area contributed by atoms with Crippen molar-refractivity contribution in [3.63, 3.8) is 0 Å². The van der Waals surface area contributed by atoms with Crippen LogP contribution in [0.3, 0.4) is 0 Å². The zero-order chi connectivity index (χ0) is 17.6. The van der Waals surface area contributed by atoms with Crippen LogP contribution >= 0.6 is 0 Å². The molecule has 5 nitrogen and oxygen atoms in total. The maximum atomic E-state index is 12.6. The second-order valence-corrected chi connectivity index (χ2v) is 6.08. The highest BCUT2D eigenvalue weighted by molar-refractivity contribution is 5.81. The normalized spacial score (nSPS) is 12.6. The van der Waals surface area contributed by atoms with Gasteiger partial charge in [0.15, 0.2) is 11.5 Å². The number of likely N-dealkylation sites (N-methyl/N-ethyl adjacent to an activating group) is 2. The standard InChI is InChI=1S/C20H24N2O3/c1-3-22(17-7-5-4-6-8-17)15-20(23)21(2)14-16-9-10-18-19(13-16)25-12-11-24-18/h4-10,13H,3,11-12,14-15H2,1-2H3. The van der Waals surface area contributed by atoms with Crippen LogP contribution in [0, 0.1) is 0 Å². The second kappa shape index (κ2) is 7.92.